The van der Waals surface area contributed by atoms with Crippen molar-refractivity contribution in [3.8, 4) is 0 Å². The summed E-state index contributed by atoms with van der Waals surface area (Å²) in [6.45, 7) is 8.02. The third-order valence-corrected chi connectivity index (χ3v) is 7.24. The molecule has 37 heavy (non-hydrogen) atoms. The Hall–Kier alpha value is -3.94. The Morgan fingerprint density at radius 3 is 2.65 bits per heavy atom. The molecule has 0 radical (unpaired) electrons. The SMILES string of the molecule is Cc1ccc(Cn2c(=O)c(N3CCC[C@@H](C(=O)NCCc4c(C)noc4C)C3)nc3ccccc32)cc1. The fraction of sp³-hybridized carbons (Fsp3) is 0.379. The van der Waals surface area contributed by atoms with E-state index < -0.39 is 0 Å². The number of amides is 1. The second kappa shape index (κ2) is 10.6. The first-order valence-corrected chi connectivity index (χ1v) is 12.9. The van der Waals surface area contributed by atoms with Gasteiger partial charge in [0.1, 0.15) is 5.76 Å². The van der Waals surface area contributed by atoms with Crippen molar-refractivity contribution in [2.24, 2.45) is 5.92 Å². The Bertz CT molecular complexity index is 1450. The molecule has 8 nitrogen and oxygen atoms in total. The molecule has 0 aliphatic carbocycles. The highest BCUT2D eigenvalue weighted by Crippen LogP contribution is 2.22. The highest BCUT2D eigenvalue weighted by molar-refractivity contribution is 5.80. The monoisotopic (exact) mass is 499 g/mol. The van der Waals surface area contributed by atoms with E-state index in [1.807, 2.05) is 43.0 Å². The first-order chi connectivity index (χ1) is 17.9. The number of anilines is 1. The summed E-state index contributed by atoms with van der Waals surface area (Å²) in [6, 6.07) is 16.0. The van der Waals surface area contributed by atoms with Crippen LogP contribution in [0.4, 0.5) is 5.82 Å². The van der Waals surface area contributed by atoms with E-state index in [0.717, 1.165) is 46.5 Å². The van der Waals surface area contributed by atoms with Crippen molar-refractivity contribution < 1.29 is 9.32 Å². The molecule has 1 N–H and O–H groups in total. The highest BCUT2D eigenvalue weighted by atomic mass is 16.5. The van der Waals surface area contributed by atoms with Gasteiger partial charge in [0.25, 0.3) is 5.56 Å². The molecule has 0 bridgehead atoms. The quantitative estimate of drug-likeness (QED) is 0.414. The molecule has 192 valence electrons. The van der Waals surface area contributed by atoms with Crippen molar-refractivity contribution in [3.63, 3.8) is 0 Å². The van der Waals surface area contributed by atoms with Crippen LogP contribution in [0.1, 0.15) is 41.0 Å². The van der Waals surface area contributed by atoms with Crippen LogP contribution in [0, 0.1) is 26.7 Å². The molecule has 1 saturated heterocycles. The van der Waals surface area contributed by atoms with Crippen molar-refractivity contribution in [3.05, 3.63) is 87.0 Å². The molecule has 3 heterocycles. The number of aromatic nitrogens is 3. The van der Waals surface area contributed by atoms with E-state index in [4.69, 9.17) is 9.51 Å². The summed E-state index contributed by atoms with van der Waals surface area (Å²) in [4.78, 5) is 33.5. The summed E-state index contributed by atoms with van der Waals surface area (Å²) < 4.78 is 7.02. The van der Waals surface area contributed by atoms with Gasteiger partial charge in [0.2, 0.25) is 5.91 Å². The van der Waals surface area contributed by atoms with Crippen molar-refractivity contribution in [1.82, 2.24) is 20.0 Å². The normalized spacial score (nSPS) is 15.8. The van der Waals surface area contributed by atoms with Gasteiger partial charge >= 0.3 is 0 Å². The van der Waals surface area contributed by atoms with Crippen LogP contribution in [0.25, 0.3) is 11.0 Å². The average Bonchev–Trinajstić information content (AvgIpc) is 3.23. The number of hydrogen-bond donors (Lipinski definition) is 1. The topological polar surface area (TPSA) is 93.3 Å². The first kappa shape index (κ1) is 24.7. The van der Waals surface area contributed by atoms with Gasteiger partial charge in [-0.15, -0.1) is 0 Å². The van der Waals surface area contributed by atoms with Gasteiger partial charge < -0.3 is 14.7 Å². The summed E-state index contributed by atoms with van der Waals surface area (Å²) in [6.07, 6.45) is 2.30. The maximum Gasteiger partial charge on any atom is 0.294 e. The van der Waals surface area contributed by atoms with E-state index in [0.29, 0.717) is 38.4 Å². The van der Waals surface area contributed by atoms with E-state index in [9.17, 15) is 9.59 Å². The summed E-state index contributed by atoms with van der Waals surface area (Å²) in [5.74, 6) is 1.02. The Labute approximate surface area is 216 Å². The molecule has 2 aromatic heterocycles. The number of carbonyl (C=O) groups is 1. The molecule has 4 aromatic rings. The molecule has 5 rings (SSSR count). The number of nitrogens with zero attached hydrogens (tertiary/aromatic N) is 4. The first-order valence-electron chi connectivity index (χ1n) is 12.9. The largest absolute Gasteiger partial charge is 0.361 e. The van der Waals surface area contributed by atoms with Crippen molar-refractivity contribution >= 4 is 22.8 Å². The fourth-order valence-electron chi connectivity index (χ4n) is 5.12. The number of rotatable bonds is 7. The summed E-state index contributed by atoms with van der Waals surface area (Å²) in [5, 5.41) is 7.05. The zero-order valence-electron chi connectivity index (χ0n) is 21.7. The molecule has 1 amide bonds. The molecule has 1 atom stereocenters. The van der Waals surface area contributed by atoms with Crippen molar-refractivity contribution in [2.75, 3.05) is 24.5 Å². The lowest BCUT2D eigenvalue weighted by atomic mass is 9.97. The smallest absolute Gasteiger partial charge is 0.294 e. The number of carbonyl (C=O) groups excluding carboxylic acids is 1. The maximum atomic E-state index is 13.7. The molecule has 8 heteroatoms. The molecule has 0 unspecified atom stereocenters. The van der Waals surface area contributed by atoms with Crippen LogP contribution in [0.2, 0.25) is 0 Å². The zero-order valence-corrected chi connectivity index (χ0v) is 21.7. The lowest BCUT2D eigenvalue weighted by Gasteiger charge is -2.32. The number of fused-ring (bicyclic) bond motifs is 1. The number of hydrogen-bond acceptors (Lipinski definition) is 6. The van der Waals surface area contributed by atoms with E-state index in [-0.39, 0.29) is 17.4 Å². The second-order valence-corrected chi connectivity index (χ2v) is 9.93. The minimum absolute atomic E-state index is 0.0113. The maximum absolute atomic E-state index is 13.7. The predicted octanol–water partition coefficient (Wildman–Crippen LogP) is 3.93. The minimum atomic E-state index is -0.198. The number of benzene rings is 2. The third kappa shape index (κ3) is 5.28. The molecule has 2 aromatic carbocycles. The van der Waals surface area contributed by atoms with Gasteiger partial charge in [-0.25, -0.2) is 4.98 Å². The molecule has 0 spiro atoms. The van der Waals surface area contributed by atoms with Gasteiger partial charge in [-0.1, -0.05) is 47.1 Å². The predicted molar refractivity (Wildman–Crippen MR) is 144 cm³/mol. The fourth-order valence-corrected chi connectivity index (χ4v) is 5.12. The van der Waals surface area contributed by atoms with Crippen LogP contribution in [-0.4, -0.2) is 40.2 Å². The molecule has 1 fully saturated rings. The second-order valence-electron chi connectivity index (χ2n) is 9.93. The van der Waals surface area contributed by atoms with E-state index in [2.05, 4.69) is 41.7 Å². The Morgan fingerprint density at radius 2 is 1.89 bits per heavy atom. The van der Waals surface area contributed by atoms with Crippen LogP contribution in [0.15, 0.2) is 57.8 Å². The van der Waals surface area contributed by atoms with Gasteiger partial charge in [0.05, 0.1) is 29.2 Å². The van der Waals surface area contributed by atoms with Gasteiger partial charge in [0.15, 0.2) is 5.82 Å². The van der Waals surface area contributed by atoms with Crippen molar-refractivity contribution in [1.29, 1.82) is 0 Å². The standard InChI is InChI=1S/C29H33N5O3/c1-19-10-12-22(13-11-19)17-34-26-9-5-4-8-25(26)31-27(29(34)36)33-16-6-7-23(18-33)28(35)30-15-14-24-20(2)32-37-21(24)3/h4-5,8-13,23H,6-7,14-18H2,1-3H3,(H,30,35)/t23-/m1/s1. The molecule has 1 aliphatic heterocycles. The Kier molecular flexibility index (Phi) is 7.08. The lowest BCUT2D eigenvalue weighted by molar-refractivity contribution is -0.125. The van der Waals surface area contributed by atoms with Gasteiger partial charge in [0, 0.05) is 25.2 Å². The molecular weight excluding hydrogens is 466 g/mol. The van der Waals surface area contributed by atoms with E-state index in [1.54, 1.807) is 4.57 Å². The van der Waals surface area contributed by atoms with Crippen LogP contribution < -0.4 is 15.8 Å². The number of para-hydroxylation sites is 2. The van der Waals surface area contributed by atoms with Gasteiger partial charge in [-0.3, -0.25) is 14.2 Å². The van der Waals surface area contributed by atoms with Gasteiger partial charge in [-0.05, 0) is 57.7 Å². The van der Waals surface area contributed by atoms with Crippen LogP contribution in [0.3, 0.4) is 0 Å². The van der Waals surface area contributed by atoms with Crippen molar-refractivity contribution in [2.45, 2.75) is 46.6 Å². The zero-order chi connectivity index (χ0) is 25.9. The summed E-state index contributed by atoms with van der Waals surface area (Å²) in [5.41, 5.74) is 5.60. The average molecular weight is 500 g/mol. The highest BCUT2D eigenvalue weighted by Gasteiger charge is 2.28. The Balaban J connectivity index is 1.35. The minimum Gasteiger partial charge on any atom is -0.361 e. The molecule has 1 aliphatic rings. The lowest BCUT2D eigenvalue weighted by Crippen LogP contribution is -2.46. The molecular formula is C29H33N5O3. The molecule has 0 saturated carbocycles. The third-order valence-electron chi connectivity index (χ3n) is 7.24. The summed E-state index contributed by atoms with van der Waals surface area (Å²) in [7, 11) is 0. The van der Waals surface area contributed by atoms with Crippen LogP contribution >= 0.6 is 0 Å². The Morgan fingerprint density at radius 1 is 1.11 bits per heavy atom. The van der Waals surface area contributed by atoms with E-state index >= 15 is 0 Å². The van der Waals surface area contributed by atoms with E-state index in [1.165, 1.54) is 5.56 Å². The van der Waals surface area contributed by atoms with Crippen LogP contribution in [0.5, 0.6) is 0 Å². The number of piperidine rings is 1. The summed E-state index contributed by atoms with van der Waals surface area (Å²) >= 11 is 0. The van der Waals surface area contributed by atoms with Crippen LogP contribution in [-0.2, 0) is 17.8 Å². The number of nitrogens with one attached hydrogen (secondary N) is 1. The van der Waals surface area contributed by atoms with Gasteiger partial charge in [-0.2, -0.15) is 0 Å². The number of aryl methyl sites for hydroxylation is 3.